The number of rotatable bonds is 5. The predicted molar refractivity (Wildman–Crippen MR) is 89.5 cm³/mol. The summed E-state index contributed by atoms with van der Waals surface area (Å²) in [6.07, 6.45) is 1.75. The highest BCUT2D eigenvalue weighted by molar-refractivity contribution is 5.53. The van der Waals surface area contributed by atoms with Crippen LogP contribution in [0.2, 0.25) is 0 Å². The largest absolute Gasteiger partial charge is 0.492 e. The molecule has 1 aromatic heterocycles. The quantitative estimate of drug-likeness (QED) is 0.847. The molecule has 5 nitrogen and oxygen atoms in total. The summed E-state index contributed by atoms with van der Waals surface area (Å²) in [5.74, 6) is 1.72. The van der Waals surface area contributed by atoms with E-state index < -0.39 is 0 Å². The second-order valence-electron chi connectivity index (χ2n) is 5.48. The third-order valence-corrected chi connectivity index (χ3v) is 4.00. The maximum absolute atomic E-state index is 9.18. The summed E-state index contributed by atoms with van der Waals surface area (Å²) in [5.41, 5.74) is 0.647. The molecule has 1 saturated heterocycles. The van der Waals surface area contributed by atoms with Crippen molar-refractivity contribution in [1.82, 2.24) is 9.88 Å². The zero-order chi connectivity index (χ0) is 15.9. The van der Waals surface area contributed by atoms with Gasteiger partial charge < -0.3 is 9.64 Å². The van der Waals surface area contributed by atoms with Crippen molar-refractivity contribution in [2.75, 3.05) is 44.2 Å². The average Bonchev–Trinajstić information content (AvgIpc) is 2.63. The molecule has 3 rings (SSSR count). The van der Waals surface area contributed by atoms with E-state index in [-0.39, 0.29) is 0 Å². The van der Waals surface area contributed by atoms with Crippen molar-refractivity contribution >= 4 is 5.82 Å². The molecule has 5 heteroatoms. The average molecular weight is 308 g/mol. The maximum atomic E-state index is 9.18. The lowest BCUT2D eigenvalue weighted by Gasteiger charge is -2.35. The molecule has 1 aliphatic heterocycles. The Bertz CT molecular complexity index is 660. The van der Waals surface area contributed by atoms with Gasteiger partial charge in [0.1, 0.15) is 24.2 Å². The monoisotopic (exact) mass is 308 g/mol. The van der Waals surface area contributed by atoms with Crippen LogP contribution in [0, 0.1) is 11.3 Å². The van der Waals surface area contributed by atoms with Crippen LogP contribution in [0.5, 0.6) is 5.75 Å². The van der Waals surface area contributed by atoms with E-state index in [2.05, 4.69) is 20.9 Å². The standard InChI is InChI=1S/C18H20N4O/c19-15-16-5-4-8-20-18(16)22-11-9-21(10-12-22)13-14-23-17-6-2-1-3-7-17/h1-8H,9-14H2. The lowest BCUT2D eigenvalue weighted by molar-refractivity contribution is 0.200. The number of aromatic nitrogens is 1. The van der Waals surface area contributed by atoms with Crippen molar-refractivity contribution in [3.8, 4) is 11.8 Å². The van der Waals surface area contributed by atoms with Gasteiger partial charge in [0.05, 0.1) is 5.56 Å². The molecule has 0 aliphatic carbocycles. The summed E-state index contributed by atoms with van der Waals surface area (Å²) in [4.78, 5) is 8.93. The van der Waals surface area contributed by atoms with Crippen LogP contribution < -0.4 is 9.64 Å². The van der Waals surface area contributed by atoms with E-state index in [9.17, 15) is 5.26 Å². The Morgan fingerprint density at radius 2 is 1.83 bits per heavy atom. The van der Waals surface area contributed by atoms with Crippen molar-refractivity contribution in [2.24, 2.45) is 0 Å². The number of pyridine rings is 1. The highest BCUT2D eigenvalue weighted by Gasteiger charge is 2.19. The number of benzene rings is 1. The molecular formula is C18H20N4O. The smallest absolute Gasteiger partial charge is 0.146 e. The fourth-order valence-electron chi connectivity index (χ4n) is 2.73. The van der Waals surface area contributed by atoms with Crippen LogP contribution in [-0.4, -0.2) is 49.2 Å². The number of piperazine rings is 1. The lowest BCUT2D eigenvalue weighted by atomic mass is 10.2. The molecule has 0 atom stereocenters. The maximum Gasteiger partial charge on any atom is 0.146 e. The molecule has 1 aromatic carbocycles. The van der Waals surface area contributed by atoms with E-state index in [0.29, 0.717) is 12.2 Å². The van der Waals surface area contributed by atoms with Gasteiger partial charge in [-0.2, -0.15) is 5.26 Å². The summed E-state index contributed by atoms with van der Waals surface area (Å²) in [6.45, 7) is 5.29. The van der Waals surface area contributed by atoms with Gasteiger partial charge in [0.2, 0.25) is 0 Å². The minimum atomic E-state index is 0.647. The SMILES string of the molecule is N#Cc1cccnc1N1CCN(CCOc2ccccc2)CC1. The second-order valence-corrected chi connectivity index (χ2v) is 5.48. The van der Waals surface area contributed by atoms with Gasteiger partial charge in [-0.25, -0.2) is 4.98 Å². The normalized spacial score (nSPS) is 15.2. The van der Waals surface area contributed by atoms with Crippen molar-refractivity contribution < 1.29 is 4.74 Å². The summed E-state index contributed by atoms with van der Waals surface area (Å²) >= 11 is 0. The Kier molecular flexibility index (Phi) is 5.07. The predicted octanol–water partition coefficient (Wildman–Crippen LogP) is 2.15. The number of hydrogen-bond acceptors (Lipinski definition) is 5. The van der Waals surface area contributed by atoms with Gasteiger partial charge in [-0.3, -0.25) is 4.90 Å². The third kappa shape index (κ3) is 3.99. The van der Waals surface area contributed by atoms with Gasteiger partial charge in [0.15, 0.2) is 0 Å². The Morgan fingerprint density at radius 1 is 1.04 bits per heavy atom. The van der Waals surface area contributed by atoms with E-state index in [0.717, 1.165) is 44.3 Å². The van der Waals surface area contributed by atoms with Gasteiger partial charge in [-0.15, -0.1) is 0 Å². The summed E-state index contributed by atoms with van der Waals surface area (Å²) in [7, 11) is 0. The van der Waals surface area contributed by atoms with E-state index in [1.54, 1.807) is 12.3 Å². The summed E-state index contributed by atoms with van der Waals surface area (Å²) in [6, 6.07) is 15.7. The fraction of sp³-hybridized carbons (Fsp3) is 0.333. The molecule has 0 unspecified atom stereocenters. The number of para-hydroxylation sites is 1. The molecule has 118 valence electrons. The molecule has 23 heavy (non-hydrogen) atoms. The van der Waals surface area contributed by atoms with Crippen molar-refractivity contribution in [2.45, 2.75) is 0 Å². The second kappa shape index (κ2) is 7.61. The van der Waals surface area contributed by atoms with Gasteiger partial charge in [0.25, 0.3) is 0 Å². The zero-order valence-corrected chi connectivity index (χ0v) is 13.1. The van der Waals surface area contributed by atoms with Crippen LogP contribution in [0.15, 0.2) is 48.7 Å². The first-order valence-electron chi connectivity index (χ1n) is 7.87. The van der Waals surface area contributed by atoms with Crippen molar-refractivity contribution in [1.29, 1.82) is 5.26 Å². The van der Waals surface area contributed by atoms with E-state index in [4.69, 9.17) is 4.74 Å². The van der Waals surface area contributed by atoms with Crippen LogP contribution in [0.25, 0.3) is 0 Å². The van der Waals surface area contributed by atoms with Crippen LogP contribution >= 0.6 is 0 Å². The highest BCUT2D eigenvalue weighted by Crippen LogP contribution is 2.18. The van der Waals surface area contributed by atoms with Crippen LogP contribution in [0.3, 0.4) is 0 Å². The molecule has 0 N–H and O–H groups in total. The number of nitriles is 1. The van der Waals surface area contributed by atoms with Gasteiger partial charge in [-0.05, 0) is 24.3 Å². The molecule has 0 bridgehead atoms. The number of nitrogens with zero attached hydrogens (tertiary/aromatic N) is 4. The zero-order valence-electron chi connectivity index (χ0n) is 13.1. The first-order chi connectivity index (χ1) is 11.4. The van der Waals surface area contributed by atoms with Gasteiger partial charge in [0, 0.05) is 38.9 Å². The lowest BCUT2D eigenvalue weighted by Crippen LogP contribution is -2.48. The molecule has 0 amide bonds. The molecule has 1 aliphatic rings. The molecule has 0 saturated carbocycles. The molecule has 2 aromatic rings. The first-order valence-corrected chi connectivity index (χ1v) is 7.87. The van der Waals surface area contributed by atoms with Crippen LogP contribution in [-0.2, 0) is 0 Å². The van der Waals surface area contributed by atoms with Gasteiger partial charge >= 0.3 is 0 Å². The highest BCUT2D eigenvalue weighted by atomic mass is 16.5. The topological polar surface area (TPSA) is 52.4 Å². The Balaban J connectivity index is 1.46. The third-order valence-electron chi connectivity index (χ3n) is 4.00. The van der Waals surface area contributed by atoms with Gasteiger partial charge in [-0.1, -0.05) is 18.2 Å². The van der Waals surface area contributed by atoms with Crippen molar-refractivity contribution in [3.63, 3.8) is 0 Å². The Hall–Kier alpha value is -2.58. The summed E-state index contributed by atoms with van der Waals surface area (Å²) < 4.78 is 5.75. The minimum Gasteiger partial charge on any atom is -0.492 e. The number of hydrogen-bond donors (Lipinski definition) is 0. The molecular weight excluding hydrogens is 288 g/mol. The van der Waals surface area contributed by atoms with Crippen molar-refractivity contribution in [3.05, 3.63) is 54.2 Å². The van der Waals surface area contributed by atoms with Crippen LogP contribution in [0.1, 0.15) is 5.56 Å². The molecule has 0 radical (unpaired) electrons. The summed E-state index contributed by atoms with van der Waals surface area (Å²) in [5, 5.41) is 9.18. The molecule has 0 spiro atoms. The number of ether oxygens (including phenoxy) is 1. The first kappa shape index (κ1) is 15.3. The van der Waals surface area contributed by atoms with Crippen LogP contribution in [0.4, 0.5) is 5.82 Å². The van der Waals surface area contributed by atoms with E-state index >= 15 is 0 Å². The van der Waals surface area contributed by atoms with E-state index in [1.165, 1.54) is 0 Å². The Morgan fingerprint density at radius 3 is 2.57 bits per heavy atom. The minimum absolute atomic E-state index is 0.647. The fourth-order valence-corrected chi connectivity index (χ4v) is 2.73. The number of anilines is 1. The molecule has 1 fully saturated rings. The van der Waals surface area contributed by atoms with E-state index in [1.807, 2.05) is 36.4 Å². The Labute approximate surface area is 136 Å². The molecule has 2 heterocycles.